The van der Waals surface area contributed by atoms with Crippen LogP contribution in [-0.4, -0.2) is 49.3 Å². The van der Waals surface area contributed by atoms with Crippen LogP contribution < -0.4 is 29.6 Å². The van der Waals surface area contributed by atoms with Crippen molar-refractivity contribution in [3.63, 3.8) is 0 Å². The fourth-order valence-corrected chi connectivity index (χ4v) is 3.63. The molecule has 2 N–H and O–H groups in total. The molecule has 0 aliphatic carbocycles. The molecule has 0 spiro atoms. The van der Waals surface area contributed by atoms with Crippen LogP contribution in [0, 0.1) is 0 Å². The molecule has 0 saturated heterocycles. The van der Waals surface area contributed by atoms with Crippen molar-refractivity contribution < 1.29 is 28.5 Å². The number of para-hydroxylation sites is 4. The lowest BCUT2D eigenvalue weighted by Gasteiger charge is -2.31. The smallest absolute Gasteiger partial charge is 0.220 e. The summed E-state index contributed by atoms with van der Waals surface area (Å²) >= 11 is 0. The van der Waals surface area contributed by atoms with Crippen LogP contribution in [0.2, 0.25) is 0 Å². The van der Waals surface area contributed by atoms with Gasteiger partial charge in [0.1, 0.15) is 13.2 Å². The highest BCUT2D eigenvalue weighted by Crippen LogP contribution is 2.32. The van der Waals surface area contributed by atoms with Gasteiger partial charge in [-0.05, 0) is 38.1 Å². The Balaban J connectivity index is 1.18. The molecule has 0 bridgehead atoms. The first-order valence-corrected chi connectivity index (χ1v) is 10.9. The molecule has 0 unspecified atom stereocenters. The Labute approximate surface area is 187 Å². The SMILES string of the molecule is C[C@H](NC(=O)CCC(=O)N[C@@H](C)[C@H]1COc2ccccc2O1)[C@H]1COc2ccccc2O1. The van der Waals surface area contributed by atoms with Crippen LogP contribution >= 0.6 is 0 Å². The molecule has 32 heavy (non-hydrogen) atoms. The summed E-state index contributed by atoms with van der Waals surface area (Å²) in [6.45, 7) is 4.42. The van der Waals surface area contributed by atoms with Crippen molar-refractivity contribution in [1.82, 2.24) is 10.6 Å². The average Bonchev–Trinajstić information content (AvgIpc) is 2.82. The number of benzene rings is 2. The van der Waals surface area contributed by atoms with Gasteiger partial charge in [0.25, 0.3) is 0 Å². The number of hydrogen-bond donors (Lipinski definition) is 2. The maximum absolute atomic E-state index is 12.3. The van der Waals surface area contributed by atoms with E-state index in [1.165, 1.54) is 0 Å². The van der Waals surface area contributed by atoms with Crippen LogP contribution in [-0.2, 0) is 9.59 Å². The molecule has 2 aromatic carbocycles. The second-order valence-corrected chi connectivity index (χ2v) is 8.04. The van der Waals surface area contributed by atoms with Gasteiger partial charge in [-0.2, -0.15) is 0 Å². The molecule has 0 aromatic heterocycles. The Morgan fingerprint density at radius 2 is 1.12 bits per heavy atom. The fraction of sp³-hybridized carbons (Fsp3) is 0.417. The van der Waals surface area contributed by atoms with E-state index in [9.17, 15) is 9.59 Å². The van der Waals surface area contributed by atoms with Gasteiger partial charge in [0.05, 0.1) is 12.1 Å². The van der Waals surface area contributed by atoms with E-state index in [0.717, 1.165) is 0 Å². The first-order valence-electron chi connectivity index (χ1n) is 10.9. The number of rotatable bonds is 7. The second-order valence-electron chi connectivity index (χ2n) is 8.04. The highest BCUT2D eigenvalue weighted by Gasteiger charge is 2.28. The minimum absolute atomic E-state index is 0.0813. The van der Waals surface area contributed by atoms with E-state index in [0.29, 0.717) is 36.2 Å². The maximum Gasteiger partial charge on any atom is 0.220 e. The number of carbonyl (C=O) groups excluding carboxylic acids is 2. The zero-order chi connectivity index (χ0) is 22.5. The van der Waals surface area contributed by atoms with Gasteiger partial charge in [-0.25, -0.2) is 0 Å². The van der Waals surface area contributed by atoms with Crippen LogP contribution in [0.3, 0.4) is 0 Å². The summed E-state index contributed by atoms with van der Waals surface area (Å²) in [5.41, 5.74) is 0. The summed E-state index contributed by atoms with van der Waals surface area (Å²) in [4.78, 5) is 24.7. The fourth-order valence-electron chi connectivity index (χ4n) is 3.63. The Morgan fingerprint density at radius 3 is 1.53 bits per heavy atom. The number of nitrogens with one attached hydrogen (secondary N) is 2. The summed E-state index contributed by atoms with van der Waals surface area (Å²) in [7, 11) is 0. The van der Waals surface area contributed by atoms with E-state index >= 15 is 0 Å². The van der Waals surface area contributed by atoms with E-state index in [1.54, 1.807) is 0 Å². The van der Waals surface area contributed by atoms with Gasteiger partial charge in [-0.15, -0.1) is 0 Å². The summed E-state index contributed by atoms with van der Waals surface area (Å²) in [6, 6.07) is 14.3. The summed E-state index contributed by atoms with van der Waals surface area (Å²) in [6.07, 6.45) is -0.432. The topological polar surface area (TPSA) is 95.1 Å². The molecule has 8 nitrogen and oxygen atoms in total. The van der Waals surface area contributed by atoms with E-state index < -0.39 is 0 Å². The lowest BCUT2D eigenvalue weighted by atomic mass is 10.1. The van der Waals surface area contributed by atoms with Crippen molar-refractivity contribution in [2.24, 2.45) is 0 Å². The number of ether oxygens (including phenoxy) is 4. The molecule has 0 fully saturated rings. The predicted molar refractivity (Wildman–Crippen MR) is 117 cm³/mol. The zero-order valence-corrected chi connectivity index (χ0v) is 18.2. The average molecular weight is 440 g/mol. The molecule has 170 valence electrons. The largest absolute Gasteiger partial charge is 0.486 e. The molecular formula is C24H28N2O6. The van der Waals surface area contributed by atoms with Crippen molar-refractivity contribution >= 4 is 11.8 Å². The van der Waals surface area contributed by atoms with Gasteiger partial charge < -0.3 is 29.6 Å². The molecule has 2 aliphatic rings. The van der Waals surface area contributed by atoms with Gasteiger partial charge in [0.2, 0.25) is 11.8 Å². The highest BCUT2D eigenvalue weighted by atomic mass is 16.6. The first kappa shape index (κ1) is 21.8. The minimum atomic E-state index is -0.297. The Bertz CT molecular complexity index is 888. The van der Waals surface area contributed by atoms with Gasteiger partial charge in [-0.1, -0.05) is 24.3 Å². The Morgan fingerprint density at radius 1 is 0.750 bits per heavy atom. The summed E-state index contributed by atoms with van der Waals surface area (Å²) in [5.74, 6) is 2.29. The van der Waals surface area contributed by atoms with Crippen LogP contribution in [0.5, 0.6) is 23.0 Å². The van der Waals surface area contributed by atoms with Crippen molar-refractivity contribution in [3.05, 3.63) is 48.5 Å². The maximum atomic E-state index is 12.3. The summed E-state index contributed by atoms with van der Waals surface area (Å²) in [5, 5.41) is 5.79. The third-order valence-electron chi connectivity index (χ3n) is 5.53. The molecule has 2 amide bonds. The lowest BCUT2D eigenvalue weighted by molar-refractivity contribution is -0.128. The highest BCUT2D eigenvalue weighted by molar-refractivity contribution is 5.84. The van der Waals surface area contributed by atoms with E-state index in [2.05, 4.69) is 10.6 Å². The number of hydrogen-bond acceptors (Lipinski definition) is 6. The zero-order valence-electron chi connectivity index (χ0n) is 18.2. The lowest BCUT2D eigenvalue weighted by Crippen LogP contribution is -2.49. The van der Waals surface area contributed by atoms with Gasteiger partial charge in [-0.3, -0.25) is 9.59 Å². The quantitative estimate of drug-likeness (QED) is 0.687. The van der Waals surface area contributed by atoms with Crippen molar-refractivity contribution in [2.45, 2.75) is 51.0 Å². The van der Waals surface area contributed by atoms with Crippen molar-refractivity contribution in [3.8, 4) is 23.0 Å². The third kappa shape index (κ3) is 5.25. The molecule has 8 heteroatoms. The number of fused-ring (bicyclic) bond motifs is 2. The standard InChI is InChI=1S/C24H28N2O6/c1-15(21-13-29-17-7-3-5-9-19(17)31-21)25-23(27)11-12-24(28)26-16(2)22-14-30-18-8-4-6-10-20(18)32-22/h3-10,15-16,21-22H,11-14H2,1-2H3,(H,25,27)(H,26,28)/t15-,16-,21+,22+/m0/s1. The molecule has 2 aromatic rings. The molecule has 0 saturated carbocycles. The number of amides is 2. The van der Waals surface area contributed by atoms with Gasteiger partial charge >= 0.3 is 0 Å². The van der Waals surface area contributed by atoms with Crippen molar-refractivity contribution in [2.75, 3.05) is 13.2 Å². The Hall–Kier alpha value is -3.42. The van der Waals surface area contributed by atoms with Crippen LogP contribution in [0.25, 0.3) is 0 Å². The third-order valence-corrected chi connectivity index (χ3v) is 5.53. The normalized spacial score (nSPS) is 20.6. The molecule has 2 aliphatic heterocycles. The molecule has 4 atom stereocenters. The minimum Gasteiger partial charge on any atom is -0.486 e. The van der Waals surface area contributed by atoms with E-state index in [1.807, 2.05) is 62.4 Å². The Kier molecular flexibility index (Phi) is 6.68. The first-order chi connectivity index (χ1) is 15.5. The van der Waals surface area contributed by atoms with Gasteiger partial charge in [0, 0.05) is 12.8 Å². The van der Waals surface area contributed by atoms with E-state index in [-0.39, 0.29) is 48.9 Å². The predicted octanol–water partition coefficient (Wildman–Crippen LogP) is 2.46. The molecular weight excluding hydrogens is 412 g/mol. The monoisotopic (exact) mass is 440 g/mol. The van der Waals surface area contributed by atoms with Crippen molar-refractivity contribution in [1.29, 1.82) is 0 Å². The molecule has 2 heterocycles. The van der Waals surface area contributed by atoms with Crippen LogP contribution in [0.4, 0.5) is 0 Å². The van der Waals surface area contributed by atoms with Crippen LogP contribution in [0.15, 0.2) is 48.5 Å². The van der Waals surface area contributed by atoms with Gasteiger partial charge in [0.15, 0.2) is 35.2 Å². The number of carbonyl (C=O) groups is 2. The van der Waals surface area contributed by atoms with Crippen LogP contribution in [0.1, 0.15) is 26.7 Å². The second kappa shape index (κ2) is 9.80. The summed E-state index contributed by atoms with van der Waals surface area (Å²) < 4.78 is 23.2. The van der Waals surface area contributed by atoms with E-state index in [4.69, 9.17) is 18.9 Å². The molecule has 4 rings (SSSR count). The molecule has 0 radical (unpaired) electrons.